The van der Waals surface area contributed by atoms with Crippen molar-refractivity contribution in [1.82, 2.24) is 19.1 Å². The Balaban J connectivity index is 2.19. The first-order valence-corrected chi connectivity index (χ1v) is 10.8. The first-order valence-electron chi connectivity index (χ1n) is 10.8. The Morgan fingerprint density at radius 3 is 2.49 bits per heavy atom. The average Bonchev–Trinajstić information content (AvgIpc) is 3.25. The maximum absolute atomic E-state index is 13.7. The molecule has 15 heteroatoms. The number of ether oxygens (including phenoxy) is 4. The lowest BCUT2D eigenvalue weighted by molar-refractivity contribution is -0.248. The second kappa shape index (κ2) is 10.1. The van der Waals surface area contributed by atoms with Gasteiger partial charge in [-0.2, -0.15) is 23.1 Å². The van der Waals surface area contributed by atoms with Gasteiger partial charge in [-0.25, -0.2) is 9.36 Å². The summed E-state index contributed by atoms with van der Waals surface area (Å²) in [6, 6.07) is 0. The summed E-state index contributed by atoms with van der Waals surface area (Å²) >= 11 is 0. The fourth-order valence-corrected chi connectivity index (χ4v) is 4.00. The molecular formula is C20H26F3N5O7. The van der Waals surface area contributed by atoms with Gasteiger partial charge in [-0.05, 0) is 6.42 Å². The number of carbonyl (C=O) groups excluding carboxylic acids is 2. The summed E-state index contributed by atoms with van der Waals surface area (Å²) in [5, 5.41) is 0. The topological polar surface area (TPSA) is 150 Å². The van der Waals surface area contributed by atoms with Crippen molar-refractivity contribution in [2.75, 3.05) is 12.8 Å². The highest BCUT2D eigenvalue weighted by molar-refractivity contribution is 5.78. The molecule has 4 atom stereocenters. The number of unbranched alkanes of at least 4 members (excludes halogenated alkanes) is 1. The molecule has 2 aromatic heterocycles. The van der Waals surface area contributed by atoms with Crippen LogP contribution in [0.3, 0.4) is 0 Å². The number of rotatable bonds is 8. The third kappa shape index (κ3) is 5.33. The Morgan fingerprint density at radius 1 is 1.26 bits per heavy atom. The Bertz CT molecular complexity index is 1160. The van der Waals surface area contributed by atoms with Crippen LogP contribution < -0.4 is 16.2 Å². The molecule has 0 radical (unpaired) electrons. The molecule has 2 aromatic rings. The minimum Gasteiger partial charge on any atom is -0.479 e. The first kappa shape index (κ1) is 26.2. The quantitative estimate of drug-likeness (QED) is 0.525. The SMILES string of the molecule is CCCCn1c(=O)n(C2OC([C@@H](OC(C)=O)C(F)(F)F)CC2OC(C)=O)c2nc(N)nc(OC)c21. The van der Waals surface area contributed by atoms with Crippen molar-refractivity contribution in [3.8, 4) is 5.88 Å². The molecule has 194 valence electrons. The minimum atomic E-state index is -4.98. The molecule has 1 aliphatic heterocycles. The Morgan fingerprint density at radius 2 is 1.94 bits per heavy atom. The second-order valence-corrected chi connectivity index (χ2v) is 7.94. The number of esters is 2. The molecule has 1 aliphatic rings. The third-order valence-corrected chi connectivity index (χ3v) is 5.34. The van der Waals surface area contributed by atoms with Gasteiger partial charge in [0.05, 0.1) is 7.11 Å². The number of hydrogen-bond acceptors (Lipinski definition) is 10. The number of aromatic nitrogens is 4. The molecule has 12 nitrogen and oxygen atoms in total. The van der Waals surface area contributed by atoms with Gasteiger partial charge in [0.2, 0.25) is 17.9 Å². The Hall–Kier alpha value is -3.36. The van der Waals surface area contributed by atoms with Gasteiger partial charge in [-0.3, -0.25) is 14.2 Å². The summed E-state index contributed by atoms with van der Waals surface area (Å²) in [7, 11) is 1.31. The molecule has 1 fully saturated rings. The van der Waals surface area contributed by atoms with Crippen LogP contribution in [0.1, 0.15) is 46.3 Å². The van der Waals surface area contributed by atoms with Crippen LogP contribution in [0.25, 0.3) is 11.2 Å². The number of alkyl halides is 3. The van der Waals surface area contributed by atoms with E-state index in [1.165, 1.54) is 11.7 Å². The molecule has 2 N–H and O–H groups in total. The van der Waals surface area contributed by atoms with E-state index in [2.05, 4.69) is 14.7 Å². The van der Waals surface area contributed by atoms with Gasteiger partial charge >= 0.3 is 23.8 Å². The number of carbonyl (C=O) groups is 2. The fourth-order valence-electron chi connectivity index (χ4n) is 4.00. The standard InChI is InChI=1S/C20H26F3N5O7/c1-5-6-7-27-13-15(25-18(24)26-16(13)32-4)28(19(27)31)17-12(33-9(2)29)8-11(35-17)14(20(21,22)23)34-10(3)30/h11-12,14,17H,5-8H2,1-4H3,(H2,24,25,26)/t11?,12?,14-,17?/m1/s1. The zero-order valence-electron chi connectivity index (χ0n) is 19.5. The van der Waals surface area contributed by atoms with Crippen molar-refractivity contribution >= 4 is 29.1 Å². The summed E-state index contributed by atoms with van der Waals surface area (Å²) < 4.78 is 63.9. The number of nitrogen functional groups attached to an aromatic ring is 1. The lowest BCUT2D eigenvalue weighted by Crippen LogP contribution is -2.43. The van der Waals surface area contributed by atoms with E-state index in [1.807, 2.05) is 6.92 Å². The first-order chi connectivity index (χ1) is 16.4. The molecule has 35 heavy (non-hydrogen) atoms. The van der Waals surface area contributed by atoms with Gasteiger partial charge in [0.25, 0.3) is 0 Å². The van der Waals surface area contributed by atoms with E-state index in [4.69, 9.17) is 19.9 Å². The van der Waals surface area contributed by atoms with Gasteiger partial charge in [0, 0.05) is 26.8 Å². The number of aryl methyl sites for hydroxylation is 1. The van der Waals surface area contributed by atoms with Gasteiger partial charge < -0.3 is 24.7 Å². The van der Waals surface area contributed by atoms with Crippen molar-refractivity contribution in [2.24, 2.45) is 0 Å². The molecule has 3 unspecified atom stereocenters. The molecule has 0 amide bonds. The van der Waals surface area contributed by atoms with Crippen LogP contribution in [0.4, 0.5) is 19.1 Å². The summed E-state index contributed by atoms with van der Waals surface area (Å²) in [6.07, 6.45) is -11.5. The largest absolute Gasteiger partial charge is 0.479 e. The van der Waals surface area contributed by atoms with Crippen LogP contribution in [0, 0.1) is 0 Å². The van der Waals surface area contributed by atoms with E-state index in [0.717, 1.165) is 24.8 Å². The summed E-state index contributed by atoms with van der Waals surface area (Å²) in [5.41, 5.74) is 5.15. The lowest BCUT2D eigenvalue weighted by Gasteiger charge is -2.25. The van der Waals surface area contributed by atoms with Crippen LogP contribution in [0.5, 0.6) is 5.88 Å². The van der Waals surface area contributed by atoms with Gasteiger partial charge in [0.1, 0.15) is 12.2 Å². The monoisotopic (exact) mass is 505 g/mol. The predicted octanol–water partition coefficient (Wildman–Crippen LogP) is 1.70. The summed E-state index contributed by atoms with van der Waals surface area (Å²) in [5.74, 6) is -2.27. The van der Waals surface area contributed by atoms with E-state index < -0.39 is 54.8 Å². The zero-order valence-corrected chi connectivity index (χ0v) is 19.5. The van der Waals surface area contributed by atoms with Crippen LogP contribution in [-0.4, -0.2) is 62.6 Å². The Labute approximate surface area is 197 Å². The minimum absolute atomic E-state index is 0.0221. The molecular weight excluding hydrogens is 479 g/mol. The number of hydrogen-bond donors (Lipinski definition) is 1. The number of halogens is 3. The van der Waals surface area contributed by atoms with E-state index in [9.17, 15) is 27.6 Å². The van der Waals surface area contributed by atoms with E-state index >= 15 is 0 Å². The van der Waals surface area contributed by atoms with Crippen molar-refractivity contribution < 1.29 is 41.7 Å². The molecule has 0 bridgehead atoms. The van der Waals surface area contributed by atoms with Crippen LogP contribution in [-0.2, 0) is 30.3 Å². The van der Waals surface area contributed by atoms with E-state index in [0.29, 0.717) is 6.42 Å². The highest BCUT2D eigenvalue weighted by atomic mass is 19.4. The predicted molar refractivity (Wildman–Crippen MR) is 113 cm³/mol. The zero-order chi connectivity index (χ0) is 26.1. The molecule has 0 saturated carbocycles. The van der Waals surface area contributed by atoms with Gasteiger partial charge in [-0.1, -0.05) is 13.3 Å². The second-order valence-electron chi connectivity index (χ2n) is 7.94. The number of imidazole rings is 1. The molecule has 3 heterocycles. The van der Waals surface area contributed by atoms with E-state index in [1.54, 1.807) is 0 Å². The molecule has 0 spiro atoms. The maximum Gasteiger partial charge on any atom is 0.428 e. The average molecular weight is 505 g/mol. The summed E-state index contributed by atoms with van der Waals surface area (Å²) in [6.45, 7) is 4.01. The molecule has 3 rings (SSSR count). The summed E-state index contributed by atoms with van der Waals surface area (Å²) in [4.78, 5) is 44.6. The number of fused-ring (bicyclic) bond motifs is 1. The highest BCUT2D eigenvalue weighted by Crippen LogP contribution is 2.40. The highest BCUT2D eigenvalue weighted by Gasteiger charge is 2.54. The van der Waals surface area contributed by atoms with Crippen molar-refractivity contribution in [2.45, 2.75) is 77.3 Å². The van der Waals surface area contributed by atoms with E-state index in [-0.39, 0.29) is 29.5 Å². The molecule has 0 aromatic carbocycles. The molecule has 0 aliphatic carbocycles. The maximum atomic E-state index is 13.7. The van der Waals surface area contributed by atoms with Crippen LogP contribution in [0.15, 0.2) is 4.79 Å². The lowest BCUT2D eigenvalue weighted by atomic mass is 10.1. The van der Waals surface area contributed by atoms with Crippen molar-refractivity contribution in [1.29, 1.82) is 0 Å². The third-order valence-electron chi connectivity index (χ3n) is 5.34. The smallest absolute Gasteiger partial charge is 0.428 e. The Kier molecular flexibility index (Phi) is 7.57. The number of nitrogens with zero attached hydrogens (tertiary/aromatic N) is 4. The number of nitrogens with two attached hydrogens (primary N) is 1. The van der Waals surface area contributed by atoms with Crippen LogP contribution in [0.2, 0.25) is 0 Å². The number of anilines is 1. The van der Waals surface area contributed by atoms with Crippen molar-refractivity contribution in [3.63, 3.8) is 0 Å². The fraction of sp³-hybridized carbons (Fsp3) is 0.650. The molecule has 1 saturated heterocycles. The van der Waals surface area contributed by atoms with Gasteiger partial charge in [0.15, 0.2) is 17.4 Å². The van der Waals surface area contributed by atoms with Gasteiger partial charge in [-0.15, -0.1) is 0 Å². The van der Waals surface area contributed by atoms with Crippen LogP contribution >= 0.6 is 0 Å². The number of methoxy groups -OCH3 is 1. The van der Waals surface area contributed by atoms with Crippen molar-refractivity contribution in [3.05, 3.63) is 10.5 Å². The normalized spacial score (nSPS) is 21.2.